The van der Waals surface area contributed by atoms with Gasteiger partial charge in [-0.05, 0) is 18.6 Å². The van der Waals surface area contributed by atoms with Crippen LogP contribution in [0.3, 0.4) is 0 Å². The van der Waals surface area contributed by atoms with Crippen LogP contribution in [0, 0.1) is 5.92 Å². The number of benzene rings is 1. The minimum atomic E-state index is 0.0529. The van der Waals surface area contributed by atoms with Gasteiger partial charge in [0, 0.05) is 58.2 Å². The number of rotatable bonds is 1. The van der Waals surface area contributed by atoms with Crippen LogP contribution < -0.4 is 4.90 Å². The standard InChI is InChI=1S/C18H25N3O2/c1-4-20-12-14-11-19(3)16-8-6-5-7-15(16)18(14)21(13(2)22)10-9-17(20)23/h5-8,14,18H,4,9-12H2,1-3H3/t14-,18-/m1/s1. The highest BCUT2D eigenvalue weighted by Crippen LogP contribution is 2.41. The second-order valence-electron chi connectivity index (χ2n) is 6.54. The summed E-state index contributed by atoms with van der Waals surface area (Å²) in [6.07, 6.45) is 0.411. The normalized spacial score (nSPS) is 24.7. The second-order valence-corrected chi connectivity index (χ2v) is 6.54. The van der Waals surface area contributed by atoms with E-state index in [9.17, 15) is 9.59 Å². The Balaban J connectivity index is 2.05. The maximum atomic E-state index is 12.3. The predicted octanol–water partition coefficient (Wildman–Crippen LogP) is 1.89. The number of nitrogens with zero attached hydrogens (tertiary/aromatic N) is 3. The number of carbonyl (C=O) groups is 2. The summed E-state index contributed by atoms with van der Waals surface area (Å²) in [5.74, 6) is 0.443. The van der Waals surface area contributed by atoms with E-state index in [1.807, 2.05) is 28.9 Å². The van der Waals surface area contributed by atoms with Crippen molar-refractivity contribution in [3.05, 3.63) is 29.8 Å². The van der Waals surface area contributed by atoms with Crippen molar-refractivity contribution < 1.29 is 9.59 Å². The number of fused-ring (bicyclic) bond motifs is 3. The molecule has 0 aromatic heterocycles. The van der Waals surface area contributed by atoms with Gasteiger partial charge in [0.15, 0.2) is 0 Å². The topological polar surface area (TPSA) is 43.9 Å². The molecule has 1 aromatic rings. The van der Waals surface area contributed by atoms with Crippen molar-refractivity contribution in [2.24, 2.45) is 5.92 Å². The molecule has 1 saturated heterocycles. The fourth-order valence-corrected chi connectivity index (χ4v) is 4.03. The Labute approximate surface area is 137 Å². The molecule has 0 N–H and O–H groups in total. The van der Waals surface area contributed by atoms with Crippen LogP contribution in [0.5, 0.6) is 0 Å². The number of hydrogen-bond acceptors (Lipinski definition) is 3. The van der Waals surface area contributed by atoms with Gasteiger partial charge in [0.2, 0.25) is 11.8 Å². The van der Waals surface area contributed by atoms with E-state index in [-0.39, 0.29) is 23.8 Å². The van der Waals surface area contributed by atoms with Gasteiger partial charge < -0.3 is 14.7 Å². The third-order valence-corrected chi connectivity index (χ3v) is 5.12. The number of para-hydroxylation sites is 1. The van der Waals surface area contributed by atoms with Crippen molar-refractivity contribution in [2.75, 3.05) is 38.1 Å². The van der Waals surface area contributed by atoms with Gasteiger partial charge in [-0.2, -0.15) is 0 Å². The zero-order chi connectivity index (χ0) is 16.6. The molecule has 1 fully saturated rings. The van der Waals surface area contributed by atoms with Gasteiger partial charge in [-0.1, -0.05) is 18.2 Å². The SMILES string of the molecule is CCN1C[C@H]2CN(C)c3ccccc3[C@@H]2N(C(C)=O)CCC1=O. The Morgan fingerprint density at radius 1 is 1.26 bits per heavy atom. The smallest absolute Gasteiger partial charge is 0.224 e. The summed E-state index contributed by atoms with van der Waals surface area (Å²) >= 11 is 0. The van der Waals surface area contributed by atoms with E-state index in [0.717, 1.165) is 13.1 Å². The van der Waals surface area contributed by atoms with E-state index in [4.69, 9.17) is 0 Å². The van der Waals surface area contributed by atoms with Crippen molar-refractivity contribution in [1.82, 2.24) is 9.80 Å². The fourth-order valence-electron chi connectivity index (χ4n) is 4.03. The molecule has 5 nitrogen and oxygen atoms in total. The van der Waals surface area contributed by atoms with Crippen LogP contribution in [0.15, 0.2) is 24.3 Å². The zero-order valence-corrected chi connectivity index (χ0v) is 14.2. The van der Waals surface area contributed by atoms with Crippen molar-refractivity contribution in [3.63, 3.8) is 0 Å². The first-order valence-electron chi connectivity index (χ1n) is 8.38. The van der Waals surface area contributed by atoms with E-state index in [1.165, 1.54) is 11.3 Å². The van der Waals surface area contributed by atoms with Gasteiger partial charge >= 0.3 is 0 Å². The number of carbonyl (C=O) groups excluding carboxylic acids is 2. The monoisotopic (exact) mass is 315 g/mol. The molecule has 3 rings (SSSR count). The molecule has 1 aromatic carbocycles. The van der Waals surface area contributed by atoms with E-state index in [0.29, 0.717) is 19.5 Å². The lowest BCUT2D eigenvalue weighted by Crippen LogP contribution is -2.52. The molecule has 0 saturated carbocycles. The molecule has 0 radical (unpaired) electrons. The lowest BCUT2D eigenvalue weighted by Gasteiger charge is -2.47. The van der Waals surface area contributed by atoms with Gasteiger partial charge in [-0.15, -0.1) is 0 Å². The fraction of sp³-hybridized carbons (Fsp3) is 0.556. The first-order chi connectivity index (χ1) is 11.0. The maximum absolute atomic E-state index is 12.3. The molecule has 0 bridgehead atoms. The third-order valence-electron chi connectivity index (χ3n) is 5.12. The first kappa shape index (κ1) is 15.8. The van der Waals surface area contributed by atoms with Crippen LogP contribution in [-0.2, 0) is 9.59 Å². The lowest BCUT2D eigenvalue weighted by molar-refractivity contribution is -0.139. The summed E-state index contributed by atoms with van der Waals surface area (Å²) in [5.41, 5.74) is 2.39. The Morgan fingerprint density at radius 2 is 2.00 bits per heavy atom. The quantitative estimate of drug-likeness (QED) is 0.795. The van der Waals surface area contributed by atoms with Crippen LogP contribution in [-0.4, -0.2) is 54.8 Å². The molecular weight excluding hydrogens is 290 g/mol. The number of anilines is 1. The highest BCUT2D eigenvalue weighted by atomic mass is 16.2. The van der Waals surface area contributed by atoms with Crippen LogP contribution in [0.1, 0.15) is 31.9 Å². The summed E-state index contributed by atoms with van der Waals surface area (Å²) in [6, 6.07) is 8.37. The Morgan fingerprint density at radius 3 is 2.70 bits per heavy atom. The molecule has 2 amide bonds. The van der Waals surface area contributed by atoms with Gasteiger partial charge in [-0.3, -0.25) is 9.59 Å². The van der Waals surface area contributed by atoms with Gasteiger partial charge in [-0.25, -0.2) is 0 Å². The predicted molar refractivity (Wildman–Crippen MR) is 90.2 cm³/mol. The van der Waals surface area contributed by atoms with Crippen molar-refractivity contribution in [1.29, 1.82) is 0 Å². The molecular formula is C18H25N3O2. The largest absolute Gasteiger partial charge is 0.374 e. The van der Waals surface area contributed by atoms with Crippen LogP contribution in [0.25, 0.3) is 0 Å². The van der Waals surface area contributed by atoms with Crippen molar-refractivity contribution >= 4 is 17.5 Å². The van der Waals surface area contributed by atoms with Crippen LogP contribution >= 0.6 is 0 Å². The minimum Gasteiger partial charge on any atom is -0.374 e. The Bertz CT molecular complexity index is 616. The van der Waals surface area contributed by atoms with E-state index in [1.54, 1.807) is 6.92 Å². The Kier molecular flexibility index (Phi) is 4.28. The van der Waals surface area contributed by atoms with Gasteiger partial charge in [0.05, 0.1) is 6.04 Å². The molecule has 0 unspecified atom stereocenters. The summed E-state index contributed by atoms with van der Waals surface area (Å²) in [7, 11) is 2.09. The number of amides is 2. The molecule has 2 aliphatic rings. The zero-order valence-electron chi connectivity index (χ0n) is 14.2. The molecule has 2 heterocycles. The number of hydrogen-bond donors (Lipinski definition) is 0. The van der Waals surface area contributed by atoms with Gasteiger partial charge in [0.1, 0.15) is 0 Å². The van der Waals surface area contributed by atoms with Crippen molar-refractivity contribution in [3.8, 4) is 0 Å². The van der Waals surface area contributed by atoms with Crippen LogP contribution in [0.2, 0.25) is 0 Å². The van der Waals surface area contributed by atoms with Crippen molar-refractivity contribution in [2.45, 2.75) is 26.3 Å². The minimum absolute atomic E-state index is 0.0529. The second kappa shape index (κ2) is 6.22. The highest BCUT2D eigenvalue weighted by molar-refractivity contribution is 5.79. The molecule has 5 heteroatoms. The third kappa shape index (κ3) is 2.80. The molecule has 0 aliphatic carbocycles. The summed E-state index contributed by atoms with van der Waals surface area (Å²) < 4.78 is 0. The molecule has 2 aliphatic heterocycles. The molecule has 0 spiro atoms. The summed E-state index contributed by atoms with van der Waals surface area (Å²) in [6.45, 7) is 6.44. The summed E-state index contributed by atoms with van der Waals surface area (Å²) in [5, 5.41) is 0. The molecule has 2 atom stereocenters. The lowest BCUT2D eigenvalue weighted by atomic mass is 9.84. The highest BCUT2D eigenvalue weighted by Gasteiger charge is 2.40. The summed E-state index contributed by atoms with van der Waals surface area (Å²) in [4.78, 5) is 30.7. The van der Waals surface area contributed by atoms with E-state index in [2.05, 4.69) is 24.1 Å². The first-order valence-corrected chi connectivity index (χ1v) is 8.38. The van der Waals surface area contributed by atoms with E-state index < -0.39 is 0 Å². The van der Waals surface area contributed by atoms with Gasteiger partial charge in [0.25, 0.3) is 0 Å². The molecule has 124 valence electrons. The Hall–Kier alpha value is -2.04. The van der Waals surface area contributed by atoms with E-state index >= 15 is 0 Å². The van der Waals surface area contributed by atoms with Crippen LogP contribution in [0.4, 0.5) is 5.69 Å². The average molecular weight is 315 g/mol. The maximum Gasteiger partial charge on any atom is 0.224 e. The molecule has 23 heavy (non-hydrogen) atoms. The average Bonchev–Trinajstić information content (AvgIpc) is 2.52.